The van der Waals surface area contributed by atoms with E-state index < -0.39 is 0 Å². The van der Waals surface area contributed by atoms with Crippen molar-refractivity contribution in [1.82, 2.24) is 4.90 Å². The normalized spacial score (nSPS) is 20.2. The van der Waals surface area contributed by atoms with Gasteiger partial charge in [-0.15, -0.1) is 0 Å². The lowest BCUT2D eigenvalue weighted by molar-refractivity contribution is -0.132. The first-order chi connectivity index (χ1) is 7.70. The molecular formula is C12H15NO3. The van der Waals surface area contributed by atoms with Crippen molar-refractivity contribution in [3.8, 4) is 5.75 Å². The van der Waals surface area contributed by atoms with Gasteiger partial charge in [0.1, 0.15) is 5.75 Å². The molecule has 1 heterocycles. The molecule has 1 aliphatic heterocycles. The van der Waals surface area contributed by atoms with Crippen LogP contribution in [0.1, 0.15) is 12.0 Å². The van der Waals surface area contributed by atoms with E-state index in [9.17, 15) is 4.79 Å². The quantitative estimate of drug-likeness (QED) is 0.821. The zero-order chi connectivity index (χ0) is 11.5. The molecule has 0 aromatic heterocycles. The van der Waals surface area contributed by atoms with Crippen LogP contribution >= 0.6 is 0 Å². The molecule has 1 unspecified atom stereocenters. The van der Waals surface area contributed by atoms with Gasteiger partial charge in [0, 0.05) is 20.0 Å². The number of ether oxygens (including phenoxy) is 1. The summed E-state index contributed by atoms with van der Waals surface area (Å²) in [5, 5.41) is 8.89. The van der Waals surface area contributed by atoms with E-state index in [-0.39, 0.29) is 18.6 Å². The molecular weight excluding hydrogens is 206 g/mol. The lowest BCUT2D eigenvalue weighted by Gasteiger charge is -2.13. The van der Waals surface area contributed by atoms with E-state index in [0.29, 0.717) is 5.75 Å². The maximum absolute atomic E-state index is 11.6. The molecule has 1 fully saturated rings. The van der Waals surface area contributed by atoms with E-state index in [1.807, 2.05) is 0 Å². The average molecular weight is 221 g/mol. The van der Waals surface area contributed by atoms with Crippen LogP contribution in [0.2, 0.25) is 0 Å². The van der Waals surface area contributed by atoms with E-state index in [0.717, 1.165) is 18.5 Å². The first-order valence-corrected chi connectivity index (χ1v) is 5.32. The molecule has 0 radical (unpaired) electrons. The van der Waals surface area contributed by atoms with Gasteiger partial charge in [-0.2, -0.15) is 0 Å². The highest BCUT2D eigenvalue weighted by atomic mass is 16.5. The van der Waals surface area contributed by atoms with Crippen molar-refractivity contribution < 1.29 is 14.6 Å². The zero-order valence-electron chi connectivity index (χ0n) is 9.22. The van der Waals surface area contributed by atoms with Crippen LogP contribution in [0.15, 0.2) is 24.3 Å². The fraction of sp³-hybridized carbons (Fsp3) is 0.417. The third-order valence-electron chi connectivity index (χ3n) is 2.76. The molecule has 0 spiro atoms. The number of hydrogen-bond donors (Lipinski definition) is 1. The monoisotopic (exact) mass is 221 g/mol. The Labute approximate surface area is 94.4 Å². The molecule has 1 amide bonds. The van der Waals surface area contributed by atoms with Gasteiger partial charge < -0.3 is 14.7 Å². The molecule has 4 heteroatoms. The highest BCUT2D eigenvalue weighted by Crippen LogP contribution is 2.19. The Bertz CT molecular complexity index is 374. The van der Waals surface area contributed by atoms with Gasteiger partial charge in [0.05, 0.1) is 6.61 Å². The van der Waals surface area contributed by atoms with Crippen LogP contribution in [0.25, 0.3) is 0 Å². The summed E-state index contributed by atoms with van der Waals surface area (Å²) in [4.78, 5) is 13.3. The number of amides is 1. The first-order valence-electron chi connectivity index (χ1n) is 5.32. The van der Waals surface area contributed by atoms with Crippen LogP contribution in [0, 0.1) is 0 Å². The maximum atomic E-state index is 11.6. The van der Waals surface area contributed by atoms with Crippen molar-refractivity contribution >= 4 is 5.91 Å². The van der Waals surface area contributed by atoms with Crippen LogP contribution in [-0.4, -0.2) is 35.6 Å². The maximum Gasteiger partial charge on any atom is 0.263 e. The van der Waals surface area contributed by atoms with Crippen molar-refractivity contribution in [2.45, 2.75) is 19.1 Å². The van der Waals surface area contributed by atoms with Crippen molar-refractivity contribution in [3.63, 3.8) is 0 Å². The second-order valence-electron chi connectivity index (χ2n) is 3.96. The number of aliphatic hydroxyl groups is 1. The Kier molecular flexibility index (Phi) is 3.10. The summed E-state index contributed by atoms with van der Waals surface area (Å²) in [5.41, 5.74) is 0.835. The summed E-state index contributed by atoms with van der Waals surface area (Å²) in [6.07, 6.45) is 0.377. The van der Waals surface area contributed by atoms with E-state index in [1.165, 1.54) is 0 Å². The van der Waals surface area contributed by atoms with E-state index in [1.54, 1.807) is 36.2 Å². The van der Waals surface area contributed by atoms with Crippen molar-refractivity contribution in [2.75, 3.05) is 13.6 Å². The van der Waals surface area contributed by atoms with Crippen LogP contribution in [-0.2, 0) is 11.4 Å². The molecule has 0 bridgehead atoms. The summed E-state index contributed by atoms with van der Waals surface area (Å²) in [5.74, 6) is 0.706. The van der Waals surface area contributed by atoms with Crippen LogP contribution < -0.4 is 4.74 Å². The minimum atomic E-state index is -0.357. The van der Waals surface area contributed by atoms with Crippen LogP contribution in [0.4, 0.5) is 0 Å². The Morgan fingerprint density at radius 2 is 2.12 bits per heavy atom. The second-order valence-corrected chi connectivity index (χ2v) is 3.96. The van der Waals surface area contributed by atoms with Gasteiger partial charge in [-0.1, -0.05) is 12.1 Å². The molecule has 4 nitrogen and oxygen atoms in total. The van der Waals surface area contributed by atoms with E-state index >= 15 is 0 Å². The summed E-state index contributed by atoms with van der Waals surface area (Å²) < 4.78 is 5.58. The first kappa shape index (κ1) is 11.0. The predicted octanol–water partition coefficient (Wildman–Crippen LogP) is 0.788. The molecule has 1 N–H and O–H groups in total. The largest absolute Gasteiger partial charge is 0.481 e. The molecule has 2 rings (SSSR count). The molecule has 0 saturated carbocycles. The summed E-state index contributed by atoms with van der Waals surface area (Å²) in [6.45, 7) is 0.767. The summed E-state index contributed by atoms with van der Waals surface area (Å²) in [6, 6.07) is 7.13. The Balaban J connectivity index is 2.01. The standard InChI is InChI=1S/C12H15NO3/c1-13-7-6-11(12(13)15)16-10-4-2-9(8-14)3-5-10/h2-5,11,14H,6-8H2,1H3. The smallest absolute Gasteiger partial charge is 0.263 e. The molecule has 1 aliphatic rings. The number of aliphatic hydroxyl groups excluding tert-OH is 1. The Hall–Kier alpha value is -1.55. The third kappa shape index (κ3) is 2.17. The number of carbonyl (C=O) groups is 1. The minimum Gasteiger partial charge on any atom is -0.481 e. The molecule has 1 atom stereocenters. The number of rotatable bonds is 3. The number of likely N-dealkylation sites (N-methyl/N-ethyl adjacent to an activating group) is 1. The topological polar surface area (TPSA) is 49.8 Å². The number of benzene rings is 1. The lowest BCUT2D eigenvalue weighted by Crippen LogP contribution is -2.29. The van der Waals surface area contributed by atoms with Gasteiger partial charge in [-0.3, -0.25) is 4.79 Å². The second kappa shape index (κ2) is 4.53. The van der Waals surface area contributed by atoms with Gasteiger partial charge >= 0.3 is 0 Å². The highest BCUT2D eigenvalue weighted by Gasteiger charge is 2.30. The molecule has 1 saturated heterocycles. The lowest BCUT2D eigenvalue weighted by atomic mass is 10.2. The van der Waals surface area contributed by atoms with Gasteiger partial charge in [0.15, 0.2) is 6.10 Å². The fourth-order valence-corrected chi connectivity index (χ4v) is 1.74. The summed E-state index contributed by atoms with van der Waals surface area (Å²) in [7, 11) is 1.78. The van der Waals surface area contributed by atoms with E-state index in [4.69, 9.17) is 9.84 Å². The van der Waals surface area contributed by atoms with Gasteiger partial charge in [-0.25, -0.2) is 0 Å². The van der Waals surface area contributed by atoms with Crippen LogP contribution in [0.5, 0.6) is 5.75 Å². The van der Waals surface area contributed by atoms with E-state index in [2.05, 4.69) is 0 Å². The van der Waals surface area contributed by atoms with Gasteiger partial charge in [0.2, 0.25) is 0 Å². The SMILES string of the molecule is CN1CCC(Oc2ccc(CO)cc2)C1=O. The van der Waals surface area contributed by atoms with Crippen molar-refractivity contribution in [3.05, 3.63) is 29.8 Å². The Morgan fingerprint density at radius 1 is 1.44 bits per heavy atom. The third-order valence-corrected chi connectivity index (χ3v) is 2.76. The zero-order valence-corrected chi connectivity index (χ0v) is 9.22. The molecule has 86 valence electrons. The predicted molar refractivity (Wildman–Crippen MR) is 59.0 cm³/mol. The number of likely N-dealkylation sites (tertiary alicyclic amines) is 1. The van der Waals surface area contributed by atoms with Gasteiger partial charge in [0.25, 0.3) is 5.91 Å². The fourth-order valence-electron chi connectivity index (χ4n) is 1.74. The molecule has 16 heavy (non-hydrogen) atoms. The number of carbonyl (C=O) groups excluding carboxylic acids is 1. The van der Waals surface area contributed by atoms with Crippen molar-refractivity contribution in [1.29, 1.82) is 0 Å². The molecule has 1 aromatic rings. The highest BCUT2D eigenvalue weighted by molar-refractivity contribution is 5.83. The van der Waals surface area contributed by atoms with Crippen LogP contribution in [0.3, 0.4) is 0 Å². The number of nitrogens with zero attached hydrogens (tertiary/aromatic N) is 1. The Morgan fingerprint density at radius 3 is 2.62 bits per heavy atom. The molecule has 1 aromatic carbocycles. The minimum absolute atomic E-state index is 0.0192. The molecule has 0 aliphatic carbocycles. The summed E-state index contributed by atoms with van der Waals surface area (Å²) >= 11 is 0. The van der Waals surface area contributed by atoms with Crippen molar-refractivity contribution in [2.24, 2.45) is 0 Å². The average Bonchev–Trinajstić information content (AvgIpc) is 2.62. The van der Waals surface area contributed by atoms with Gasteiger partial charge in [-0.05, 0) is 17.7 Å². The number of hydrogen-bond acceptors (Lipinski definition) is 3.